The number of carbonyl (C=O) groups is 2. The first-order valence-corrected chi connectivity index (χ1v) is 4.05. The summed E-state index contributed by atoms with van der Waals surface area (Å²) in [6, 6.07) is 0. The summed E-state index contributed by atoms with van der Waals surface area (Å²) in [6.45, 7) is 4.72. The van der Waals surface area contributed by atoms with Crippen LogP contribution >= 0.6 is 0 Å². The molecule has 0 fully saturated rings. The van der Waals surface area contributed by atoms with E-state index in [9.17, 15) is 9.59 Å². The monoisotopic (exact) mass is 268 g/mol. The Morgan fingerprint density at radius 1 is 1.11 bits per heavy atom. The van der Waals surface area contributed by atoms with Crippen LogP contribution in [-0.4, -0.2) is 39.3 Å². The van der Waals surface area contributed by atoms with E-state index in [1.807, 2.05) is 6.92 Å². The van der Waals surface area contributed by atoms with Crippen LogP contribution < -0.4 is 5.32 Å². The van der Waals surface area contributed by atoms with Crippen molar-refractivity contribution in [1.82, 2.24) is 5.32 Å². The fraction of sp³-hybridized carbons (Fsp3) is 0.769. The number of nitrogens with zero attached hydrogens (tertiary/aromatic N) is 1. The predicted molar refractivity (Wildman–Crippen MR) is 84.4 cm³/mol. The quantitative estimate of drug-likeness (QED) is 0.542. The second-order valence-electron chi connectivity index (χ2n) is 2.02. The van der Waals surface area contributed by atoms with Gasteiger partial charge in [-0.25, -0.2) is 0 Å². The average Bonchev–Trinajstić information content (AvgIpc) is 2.19. The third-order valence-electron chi connectivity index (χ3n) is 0.898. The van der Waals surface area contributed by atoms with Crippen molar-refractivity contribution in [2.75, 3.05) is 21.2 Å². The Kier molecular flexibility index (Phi) is 109. The molecule has 5 heteroatoms. The molecular formula is C13H36N2O3. The highest BCUT2D eigenvalue weighted by molar-refractivity contribution is 5.72. The van der Waals surface area contributed by atoms with Gasteiger partial charge >= 0.3 is 5.97 Å². The summed E-state index contributed by atoms with van der Waals surface area (Å²) in [5.41, 5.74) is 0. The van der Waals surface area contributed by atoms with Crippen molar-refractivity contribution < 1.29 is 14.3 Å². The van der Waals surface area contributed by atoms with E-state index in [0.717, 1.165) is 0 Å². The van der Waals surface area contributed by atoms with Crippen LogP contribution in [0.2, 0.25) is 0 Å². The summed E-state index contributed by atoms with van der Waals surface area (Å²) in [5.74, 6) is -0.241. The van der Waals surface area contributed by atoms with E-state index in [-0.39, 0.29) is 41.6 Å². The second-order valence-corrected chi connectivity index (χ2v) is 2.02. The van der Waals surface area contributed by atoms with Gasteiger partial charge in [-0.15, -0.1) is 0 Å². The molecule has 0 aliphatic heterocycles. The Hall–Kier alpha value is -1.39. The topological polar surface area (TPSA) is 67.8 Å². The van der Waals surface area contributed by atoms with E-state index >= 15 is 0 Å². The molecule has 5 nitrogen and oxygen atoms in total. The van der Waals surface area contributed by atoms with Gasteiger partial charge in [0.2, 0.25) is 5.91 Å². The van der Waals surface area contributed by atoms with Crippen molar-refractivity contribution >= 4 is 18.1 Å². The number of methoxy groups -OCH3 is 1. The van der Waals surface area contributed by atoms with Gasteiger partial charge < -0.3 is 15.0 Å². The summed E-state index contributed by atoms with van der Waals surface area (Å²) in [5, 5.41) is 2.39. The van der Waals surface area contributed by atoms with Crippen molar-refractivity contribution in [2.24, 2.45) is 4.99 Å². The van der Waals surface area contributed by atoms with Crippen LogP contribution in [0.3, 0.4) is 0 Å². The molecular weight excluding hydrogens is 232 g/mol. The lowest BCUT2D eigenvalue weighted by Gasteiger charge is -1.80. The molecule has 0 spiro atoms. The van der Waals surface area contributed by atoms with Gasteiger partial charge in [0.25, 0.3) is 0 Å². The standard InChI is InChI=1S/C3H7NO.C3H7N.C3H6O2.4CH4/c1-3(5)4-2;1-3-4-2;1-3(4)5-2;;;;/h1-2H3,(H,4,5);3H,1-2H3;1-2H3;4*1H4. The van der Waals surface area contributed by atoms with Crippen molar-refractivity contribution in [2.45, 2.75) is 50.5 Å². The number of ether oxygens (including phenoxy) is 1. The maximum atomic E-state index is 9.70. The van der Waals surface area contributed by atoms with E-state index in [1.54, 1.807) is 20.3 Å². The van der Waals surface area contributed by atoms with Gasteiger partial charge in [0.1, 0.15) is 0 Å². The zero-order valence-electron chi connectivity index (χ0n) is 9.75. The van der Waals surface area contributed by atoms with Crippen LogP contribution in [0.5, 0.6) is 0 Å². The van der Waals surface area contributed by atoms with Crippen LogP contribution in [0.1, 0.15) is 50.5 Å². The van der Waals surface area contributed by atoms with E-state index in [1.165, 1.54) is 21.0 Å². The van der Waals surface area contributed by atoms with Gasteiger partial charge in [-0.2, -0.15) is 0 Å². The Labute approximate surface area is 115 Å². The van der Waals surface area contributed by atoms with Crippen molar-refractivity contribution in [3.05, 3.63) is 0 Å². The maximum Gasteiger partial charge on any atom is 0.302 e. The minimum Gasteiger partial charge on any atom is -0.469 e. The molecule has 0 aromatic heterocycles. The van der Waals surface area contributed by atoms with Crippen LogP contribution in [0, 0.1) is 0 Å². The van der Waals surface area contributed by atoms with Gasteiger partial charge in [0, 0.05) is 27.9 Å². The van der Waals surface area contributed by atoms with Crippen LogP contribution in [-0.2, 0) is 14.3 Å². The minimum absolute atomic E-state index is 0. The Balaban J connectivity index is -0.0000000183. The number of nitrogens with one attached hydrogen (secondary N) is 1. The van der Waals surface area contributed by atoms with Gasteiger partial charge in [-0.3, -0.25) is 9.59 Å². The van der Waals surface area contributed by atoms with Gasteiger partial charge in [-0.1, -0.05) is 29.7 Å². The number of rotatable bonds is 0. The molecule has 0 aliphatic carbocycles. The molecule has 0 unspecified atom stereocenters. The summed E-state index contributed by atoms with van der Waals surface area (Å²) in [4.78, 5) is 22.9. The SMILES string of the molecule is C.C.C.C.CC=NC.CNC(C)=O.COC(C)=O. The molecule has 0 radical (unpaired) electrons. The Morgan fingerprint density at radius 3 is 1.28 bits per heavy atom. The number of esters is 1. The molecule has 0 bridgehead atoms. The first-order valence-electron chi connectivity index (χ1n) is 4.05. The van der Waals surface area contributed by atoms with Crippen molar-refractivity contribution in [1.29, 1.82) is 0 Å². The molecule has 1 N–H and O–H groups in total. The molecule has 0 atom stereocenters. The molecule has 1 amide bonds. The molecule has 18 heavy (non-hydrogen) atoms. The Bertz CT molecular complexity index is 152. The van der Waals surface area contributed by atoms with Crippen LogP contribution in [0.4, 0.5) is 0 Å². The van der Waals surface area contributed by atoms with E-state index in [0.29, 0.717) is 0 Å². The first-order chi connectivity index (χ1) is 6.45. The number of hydrogen-bond donors (Lipinski definition) is 1. The third-order valence-corrected chi connectivity index (χ3v) is 0.898. The largest absolute Gasteiger partial charge is 0.469 e. The maximum absolute atomic E-state index is 9.70. The lowest BCUT2D eigenvalue weighted by molar-refractivity contribution is -0.137. The van der Waals surface area contributed by atoms with Crippen LogP contribution in [0.15, 0.2) is 4.99 Å². The first kappa shape index (κ1) is 43.8. The molecule has 116 valence electrons. The highest BCUT2D eigenvalue weighted by Gasteiger charge is 1.75. The third kappa shape index (κ3) is 208. The summed E-state index contributed by atoms with van der Waals surface area (Å²) >= 11 is 0. The van der Waals surface area contributed by atoms with Gasteiger partial charge in [-0.05, 0) is 13.1 Å². The summed E-state index contributed by atoms with van der Waals surface area (Å²) < 4.78 is 4.11. The van der Waals surface area contributed by atoms with E-state index in [2.05, 4.69) is 15.0 Å². The zero-order valence-corrected chi connectivity index (χ0v) is 9.75. The fourth-order valence-electron chi connectivity index (χ4n) is 0. The second kappa shape index (κ2) is 44.9. The molecule has 0 aromatic carbocycles. The fourth-order valence-corrected chi connectivity index (χ4v) is 0. The normalized spacial score (nSPS) is 5.89. The lowest BCUT2D eigenvalue weighted by Crippen LogP contribution is -2.11. The smallest absolute Gasteiger partial charge is 0.302 e. The molecule has 0 aromatic rings. The number of aliphatic imine (C=N–C) groups is 1. The number of amides is 1. The molecule has 0 saturated carbocycles. The van der Waals surface area contributed by atoms with Gasteiger partial charge in [0.15, 0.2) is 0 Å². The minimum atomic E-state index is -0.245. The molecule has 0 saturated heterocycles. The highest BCUT2D eigenvalue weighted by Crippen LogP contribution is 1.60. The van der Waals surface area contributed by atoms with Crippen molar-refractivity contribution in [3.8, 4) is 0 Å². The lowest BCUT2D eigenvalue weighted by atomic mass is 10.7. The van der Waals surface area contributed by atoms with Crippen molar-refractivity contribution in [3.63, 3.8) is 0 Å². The number of hydrogen-bond acceptors (Lipinski definition) is 4. The summed E-state index contributed by atoms with van der Waals surface area (Å²) in [7, 11) is 4.70. The zero-order chi connectivity index (χ0) is 12.0. The Morgan fingerprint density at radius 2 is 1.28 bits per heavy atom. The molecule has 0 rings (SSSR count). The van der Waals surface area contributed by atoms with Gasteiger partial charge in [0.05, 0.1) is 7.11 Å². The van der Waals surface area contributed by atoms with E-state index in [4.69, 9.17) is 0 Å². The molecule has 0 aliphatic rings. The van der Waals surface area contributed by atoms with Crippen LogP contribution in [0.25, 0.3) is 0 Å². The molecule has 0 heterocycles. The highest BCUT2D eigenvalue weighted by atomic mass is 16.5. The number of carbonyl (C=O) groups excluding carboxylic acids is 2. The average molecular weight is 268 g/mol. The predicted octanol–water partition coefficient (Wildman–Crippen LogP) is 3.18. The summed E-state index contributed by atoms with van der Waals surface area (Å²) in [6.07, 6.45) is 1.75. The van der Waals surface area contributed by atoms with E-state index < -0.39 is 0 Å².